The molecule has 1 N–H and O–H groups in total. The van der Waals surface area contributed by atoms with Gasteiger partial charge in [-0.1, -0.05) is 12.1 Å². The van der Waals surface area contributed by atoms with Gasteiger partial charge in [-0.25, -0.2) is 4.39 Å². The van der Waals surface area contributed by atoms with E-state index in [1.165, 1.54) is 40.5 Å². The molecule has 1 aromatic heterocycles. The Kier molecular flexibility index (Phi) is 4.80. The van der Waals surface area contributed by atoms with Gasteiger partial charge in [0.25, 0.3) is 11.7 Å². The lowest BCUT2D eigenvalue weighted by molar-refractivity contribution is -0.132. The van der Waals surface area contributed by atoms with E-state index >= 15 is 0 Å². The van der Waals surface area contributed by atoms with Crippen molar-refractivity contribution in [2.75, 3.05) is 4.90 Å². The number of anilines is 1. The molecular formula is C23H18FNO3S. The molecule has 1 amide bonds. The number of carbonyl (C=O) groups is 2. The maximum absolute atomic E-state index is 13.3. The van der Waals surface area contributed by atoms with Crippen LogP contribution in [0, 0.1) is 19.7 Å². The second-order valence-electron chi connectivity index (χ2n) is 6.98. The number of amides is 1. The van der Waals surface area contributed by atoms with E-state index in [1.807, 2.05) is 43.5 Å². The summed E-state index contributed by atoms with van der Waals surface area (Å²) in [6, 6.07) is 13.7. The first-order valence-electron chi connectivity index (χ1n) is 9.06. The third-order valence-corrected chi connectivity index (χ3v) is 6.06. The summed E-state index contributed by atoms with van der Waals surface area (Å²) in [7, 11) is 0. The van der Waals surface area contributed by atoms with Crippen LogP contribution < -0.4 is 4.90 Å². The van der Waals surface area contributed by atoms with E-state index in [1.54, 1.807) is 6.07 Å². The molecule has 1 unspecified atom stereocenters. The lowest BCUT2D eigenvalue weighted by Crippen LogP contribution is -2.29. The fourth-order valence-corrected chi connectivity index (χ4v) is 4.58. The molecule has 0 saturated carbocycles. The van der Waals surface area contributed by atoms with Crippen molar-refractivity contribution in [1.82, 2.24) is 0 Å². The second-order valence-corrected chi connectivity index (χ2v) is 7.93. The van der Waals surface area contributed by atoms with Crippen LogP contribution in [-0.2, 0) is 9.59 Å². The summed E-state index contributed by atoms with van der Waals surface area (Å²) in [5.41, 5.74) is 2.75. The Morgan fingerprint density at radius 2 is 1.79 bits per heavy atom. The predicted molar refractivity (Wildman–Crippen MR) is 111 cm³/mol. The molecule has 2 heterocycles. The highest BCUT2D eigenvalue weighted by atomic mass is 32.1. The number of nitrogens with zero attached hydrogens (tertiary/aromatic N) is 1. The molecule has 0 aliphatic carbocycles. The average molecular weight is 407 g/mol. The van der Waals surface area contributed by atoms with Gasteiger partial charge in [-0.3, -0.25) is 14.5 Å². The van der Waals surface area contributed by atoms with Crippen molar-refractivity contribution in [3.05, 3.63) is 92.9 Å². The molecule has 4 rings (SSSR count). The normalized spacial score (nSPS) is 18.4. The van der Waals surface area contributed by atoms with Crippen molar-refractivity contribution in [3.63, 3.8) is 0 Å². The van der Waals surface area contributed by atoms with E-state index in [2.05, 4.69) is 0 Å². The van der Waals surface area contributed by atoms with Gasteiger partial charge in [0.15, 0.2) is 0 Å². The number of halogens is 1. The van der Waals surface area contributed by atoms with Crippen molar-refractivity contribution in [3.8, 4) is 0 Å². The number of hydrogen-bond acceptors (Lipinski definition) is 4. The topological polar surface area (TPSA) is 57.6 Å². The van der Waals surface area contributed by atoms with E-state index in [9.17, 15) is 19.1 Å². The highest BCUT2D eigenvalue weighted by molar-refractivity contribution is 7.10. The summed E-state index contributed by atoms with van der Waals surface area (Å²) >= 11 is 1.42. The molecular weight excluding hydrogens is 389 g/mol. The van der Waals surface area contributed by atoms with Gasteiger partial charge in [-0.2, -0.15) is 0 Å². The number of Topliss-reactive ketones (excluding diaryl/α,β-unsaturated/α-hetero) is 1. The molecule has 0 spiro atoms. The second kappa shape index (κ2) is 7.29. The van der Waals surface area contributed by atoms with Crippen LogP contribution in [0.15, 0.2) is 65.6 Å². The summed E-state index contributed by atoms with van der Waals surface area (Å²) in [5, 5.41) is 12.8. The standard InChI is InChI=1S/C23H18FNO3S/c1-13-4-3-5-17(12-13)25-19(22-14(2)10-11-29-22)18(21(27)23(25)28)20(26)15-6-8-16(24)9-7-15/h3-12,19,26H,1-2H3/b20-18-. The van der Waals surface area contributed by atoms with Gasteiger partial charge in [0.1, 0.15) is 17.6 Å². The van der Waals surface area contributed by atoms with Crippen LogP contribution >= 0.6 is 11.3 Å². The van der Waals surface area contributed by atoms with Crippen LogP contribution in [-0.4, -0.2) is 16.8 Å². The molecule has 4 nitrogen and oxygen atoms in total. The maximum atomic E-state index is 13.3. The Labute approximate surface area is 171 Å². The van der Waals surface area contributed by atoms with Crippen LogP contribution in [0.3, 0.4) is 0 Å². The minimum absolute atomic E-state index is 0.00802. The average Bonchev–Trinajstić information content (AvgIpc) is 3.23. The van der Waals surface area contributed by atoms with Crippen LogP contribution in [0.25, 0.3) is 5.76 Å². The number of aryl methyl sites for hydroxylation is 2. The third-order valence-electron chi connectivity index (χ3n) is 4.99. The molecule has 3 aromatic rings. The molecule has 146 valence electrons. The van der Waals surface area contributed by atoms with Gasteiger partial charge in [-0.15, -0.1) is 11.3 Å². The molecule has 2 aromatic carbocycles. The molecule has 1 aliphatic heterocycles. The maximum Gasteiger partial charge on any atom is 0.300 e. The quantitative estimate of drug-likeness (QED) is 0.372. The zero-order valence-corrected chi connectivity index (χ0v) is 16.7. The van der Waals surface area contributed by atoms with Gasteiger partial charge in [0.2, 0.25) is 0 Å². The first-order chi connectivity index (χ1) is 13.9. The zero-order chi connectivity index (χ0) is 20.7. The molecule has 29 heavy (non-hydrogen) atoms. The minimum Gasteiger partial charge on any atom is -0.507 e. The van der Waals surface area contributed by atoms with E-state index < -0.39 is 23.5 Å². The Balaban J connectivity index is 1.96. The number of carbonyl (C=O) groups excluding carboxylic acids is 2. The SMILES string of the molecule is Cc1cccc(N2C(=O)C(=O)/C(=C(\O)c3ccc(F)cc3)C2c2sccc2C)c1. The van der Waals surface area contributed by atoms with Crippen molar-refractivity contribution >= 4 is 34.5 Å². The summed E-state index contributed by atoms with van der Waals surface area (Å²) in [4.78, 5) is 28.2. The number of benzene rings is 2. The fraction of sp³-hybridized carbons (Fsp3) is 0.130. The highest BCUT2D eigenvalue weighted by Crippen LogP contribution is 2.44. The van der Waals surface area contributed by atoms with Gasteiger partial charge in [0, 0.05) is 16.1 Å². The lowest BCUT2D eigenvalue weighted by Gasteiger charge is -2.25. The fourth-order valence-electron chi connectivity index (χ4n) is 3.55. The first kappa shape index (κ1) is 19.1. The summed E-state index contributed by atoms with van der Waals surface area (Å²) in [6.45, 7) is 3.81. The lowest BCUT2D eigenvalue weighted by atomic mass is 9.98. The summed E-state index contributed by atoms with van der Waals surface area (Å²) in [5.74, 6) is -2.22. The van der Waals surface area contributed by atoms with Crippen LogP contribution in [0.2, 0.25) is 0 Å². The Hall–Kier alpha value is -3.25. The molecule has 1 aliphatic rings. The van der Waals surface area contributed by atoms with Crippen molar-refractivity contribution in [1.29, 1.82) is 0 Å². The number of thiophene rings is 1. The van der Waals surface area contributed by atoms with Gasteiger partial charge in [0.05, 0.1) is 5.57 Å². The van der Waals surface area contributed by atoms with Crippen LogP contribution in [0.1, 0.15) is 27.6 Å². The van der Waals surface area contributed by atoms with E-state index in [0.717, 1.165) is 16.0 Å². The van der Waals surface area contributed by atoms with Gasteiger partial charge in [-0.05, 0) is 72.8 Å². The summed E-state index contributed by atoms with van der Waals surface area (Å²) < 4.78 is 13.3. The Morgan fingerprint density at radius 3 is 2.41 bits per heavy atom. The predicted octanol–water partition coefficient (Wildman–Crippen LogP) is 5.13. The summed E-state index contributed by atoms with van der Waals surface area (Å²) in [6.07, 6.45) is 0. The molecule has 1 fully saturated rings. The van der Waals surface area contributed by atoms with Crippen molar-refractivity contribution in [2.45, 2.75) is 19.9 Å². The van der Waals surface area contributed by atoms with Gasteiger partial charge < -0.3 is 5.11 Å². The number of aliphatic hydroxyl groups excluding tert-OH is 1. The Bertz CT molecular complexity index is 1150. The molecule has 6 heteroatoms. The first-order valence-corrected chi connectivity index (χ1v) is 9.94. The molecule has 1 saturated heterocycles. The smallest absolute Gasteiger partial charge is 0.300 e. The van der Waals surface area contributed by atoms with Crippen molar-refractivity contribution < 1.29 is 19.1 Å². The number of aliphatic hydroxyl groups is 1. The molecule has 0 radical (unpaired) electrons. The minimum atomic E-state index is -0.758. The Morgan fingerprint density at radius 1 is 1.07 bits per heavy atom. The van der Waals surface area contributed by atoms with Crippen molar-refractivity contribution in [2.24, 2.45) is 0 Å². The van der Waals surface area contributed by atoms with E-state index in [-0.39, 0.29) is 16.9 Å². The van der Waals surface area contributed by atoms with E-state index in [0.29, 0.717) is 5.69 Å². The zero-order valence-electron chi connectivity index (χ0n) is 15.8. The van der Waals surface area contributed by atoms with Crippen LogP contribution in [0.4, 0.5) is 10.1 Å². The monoisotopic (exact) mass is 407 g/mol. The number of ketones is 1. The largest absolute Gasteiger partial charge is 0.507 e. The van der Waals surface area contributed by atoms with Gasteiger partial charge >= 0.3 is 0 Å². The number of hydrogen-bond donors (Lipinski definition) is 1. The number of rotatable bonds is 3. The van der Waals surface area contributed by atoms with E-state index in [4.69, 9.17) is 0 Å². The third kappa shape index (κ3) is 3.25. The van der Waals surface area contributed by atoms with Crippen LogP contribution in [0.5, 0.6) is 0 Å². The molecule has 1 atom stereocenters. The highest BCUT2D eigenvalue weighted by Gasteiger charge is 2.47. The molecule has 0 bridgehead atoms.